The first-order chi connectivity index (χ1) is 16.2. The highest BCUT2D eigenvalue weighted by Crippen LogP contribution is 2.29. The molecule has 0 amide bonds. The van der Waals surface area contributed by atoms with E-state index >= 15 is 0 Å². The second-order valence-electron chi connectivity index (χ2n) is 8.08. The summed E-state index contributed by atoms with van der Waals surface area (Å²) < 4.78 is 1.55. The van der Waals surface area contributed by atoms with Gasteiger partial charge in [0, 0.05) is 30.9 Å². The Labute approximate surface area is 201 Å². The Kier molecular flexibility index (Phi) is 6.26. The molecule has 2 aromatic carbocycles. The van der Waals surface area contributed by atoms with E-state index in [1.165, 1.54) is 6.07 Å². The molecule has 9 heteroatoms. The Morgan fingerprint density at radius 3 is 2.47 bits per heavy atom. The molecule has 4 aromatic rings. The van der Waals surface area contributed by atoms with Crippen molar-refractivity contribution in [1.82, 2.24) is 14.5 Å². The smallest absolute Gasteiger partial charge is 0.356 e. The summed E-state index contributed by atoms with van der Waals surface area (Å²) in [5.41, 5.74) is 3.98. The number of hydrogen-bond acceptors (Lipinski definition) is 6. The number of carboxylic acids is 1. The zero-order chi connectivity index (χ0) is 24.6. The Morgan fingerprint density at radius 1 is 1.12 bits per heavy atom. The minimum Gasteiger partial charge on any atom is -0.476 e. The molecule has 8 nitrogen and oxygen atoms in total. The molecule has 2 aromatic heterocycles. The van der Waals surface area contributed by atoms with Crippen LogP contribution in [0.3, 0.4) is 0 Å². The summed E-state index contributed by atoms with van der Waals surface area (Å²) in [4.78, 5) is 33.8. The maximum absolute atomic E-state index is 13.3. The zero-order valence-electron chi connectivity index (χ0n) is 19.2. The maximum Gasteiger partial charge on any atom is 0.356 e. The van der Waals surface area contributed by atoms with Crippen LogP contribution in [0.15, 0.2) is 53.3 Å². The number of nitrogens with zero attached hydrogens (tertiary/aromatic N) is 3. The fourth-order valence-electron chi connectivity index (χ4n) is 3.95. The van der Waals surface area contributed by atoms with Gasteiger partial charge in [-0.15, -0.1) is 0 Å². The fourth-order valence-corrected chi connectivity index (χ4v) is 4.10. The number of rotatable bonds is 6. The molecule has 2 heterocycles. The molecule has 0 saturated carbocycles. The lowest BCUT2D eigenvalue weighted by atomic mass is 10.0. The lowest BCUT2D eigenvalue weighted by Gasteiger charge is -2.20. The molecular weight excluding hydrogens is 454 g/mol. The number of carboxylic acid groups (broad SMARTS) is 1. The van der Waals surface area contributed by atoms with Crippen molar-refractivity contribution in [3.8, 4) is 11.4 Å². The van der Waals surface area contributed by atoms with E-state index in [-0.39, 0.29) is 22.4 Å². The average Bonchev–Trinajstić information content (AvgIpc) is 2.82. The molecule has 0 fully saturated rings. The molecule has 0 aliphatic rings. The summed E-state index contributed by atoms with van der Waals surface area (Å²) in [6, 6.07) is 14.2. The third-order valence-electron chi connectivity index (χ3n) is 5.69. The van der Waals surface area contributed by atoms with Gasteiger partial charge in [0.15, 0.2) is 5.69 Å². The van der Waals surface area contributed by atoms with Crippen molar-refractivity contribution in [2.45, 2.75) is 19.9 Å². The lowest BCUT2D eigenvalue weighted by molar-refractivity contribution is 0.0691. The third kappa shape index (κ3) is 4.32. The van der Waals surface area contributed by atoms with Crippen LogP contribution in [-0.4, -0.2) is 32.7 Å². The van der Waals surface area contributed by atoms with E-state index in [0.717, 1.165) is 22.4 Å². The highest BCUT2D eigenvalue weighted by molar-refractivity contribution is 6.29. The maximum atomic E-state index is 13.3. The number of anilines is 2. The van der Waals surface area contributed by atoms with E-state index in [4.69, 9.17) is 16.6 Å². The quantitative estimate of drug-likeness (QED) is 0.340. The molecule has 3 N–H and O–H groups in total. The van der Waals surface area contributed by atoms with Gasteiger partial charge in [0.25, 0.3) is 5.56 Å². The van der Waals surface area contributed by atoms with E-state index in [9.17, 15) is 14.7 Å². The molecule has 0 aliphatic carbocycles. The number of benzene rings is 2. The standard InChI is InChI=1S/C25H24ClN5O3/c1-13-11-17(14(2)28-19-9-10-20(26)29-22(19)25(33)34)21-18(12-13)24(32)31(4)23(30-21)15-5-7-16(27-3)8-6-15/h5-12,14,27-28H,1-4H3,(H,33,34)/t14-/m1/s1. The van der Waals surface area contributed by atoms with Crippen molar-refractivity contribution in [2.75, 3.05) is 17.7 Å². The van der Waals surface area contributed by atoms with E-state index < -0.39 is 5.97 Å². The van der Waals surface area contributed by atoms with Gasteiger partial charge in [-0.05, 0) is 61.9 Å². The van der Waals surface area contributed by atoms with Gasteiger partial charge in [-0.2, -0.15) is 0 Å². The van der Waals surface area contributed by atoms with Crippen molar-refractivity contribution in [1.29, 1.82) is 0 Å². The topological polar surface area (TPSA) is 109 Å². The molecule has 34 heavy (non-hydrogen) atoms. The molecule has 0 saturated heterocycles. The summed E-state index contributed by atoms with van der Waals surface area (Å²) in [5.74, 6) is -0.651. The van der Waals surface area contributed by atoms with Gasteiger partial charge in [-0.1, -0.05) is 17.7 Å². The predicted octanol–water partition coefficient (Wildman–Crippen LogP) is 4.87. The number of carbonyl (C=O) groups is 1. The second kappa shape index (κ2) is 9.15. The molecule has 0 aliphatic heterocycles. The van der Waals surface area contributed by atoms with Crippen molar-refractivity contribution >= 4 is 39.8 Å². The Morgan fingerprint density at radius 2 is 1.82 bits per heavy atom. The summed E-state index contributed by atoms with van der Waals surface area (Å²) in [6.45, 7) is 3.79. The summed E-state index contributed by atoms with van der Waals surface area (Å²) >= 11 is 5.89. The SMILES string of the molecule is CNc1ccc(-c2nc3c([C@@H](C)Nc4ccc(Cl)nc4C(=O)O)cc(C)cc3c(=O)n2C)cc1. The number of aromatic nitrogens is 3. The average molecular weight is 478 g/mol. The number of pyridine rings is 1. The van der Waals surface area contributed by atoms with Gasteiger partial charge in [0.05, 0.1) is 22.6 Å². The second-order valence-corrected chi connectivity index (χ2v) is 8.47. The lowest BCUT2D eigenvalue weighted by Crippen LogP contribution is -2.22. The van der Waals surface area contributed by atoms with E-state index in [1.54, 1.807) is 17.7 Å². The zero-order valence-corrected chi connectivity index (χ0v) is 19.9. The fraction of sp³-hybridized carbons (Fsp3) is 0.200. The normalized spacial score (nSPS) is 11.9. The monoisotopic (exact) mass is 477 g/mol. The number of aryl methyl sites for hydroxylation is 1. The van der Waals surface area contributed by atoms with Crippen LogP contribution >= 0.6 is 11.6 Å². The van der Waals surface area contributed by atoms with E-state index in [0.29, 0.717) is 22.4 Å². The number of hydrogen-bond donors (Lipinski definition) is 3. The first-order valence-corrected chi connectivity index (χ1v) is 11.0. The van der Waals surface area contributed by atoms with Crippen molar-refractivity contribution in [3.63, 3.8) is 0 Å². The van der Waals surface area contributed by atoms with Gasteiger partial charge in [-0.25, -0.2) is 14.8 Å². The van der Waals surface area contributed by atoms with Gasteiger partial charge in [0.1, 0.15) is 11.0 Å². The summed E-state index contributed by atoms with van der Waals surface area (Å²) in [7, 11) is 3.55. The Bertz CT molecular complexity index is 1460. The number of fused-ring (bicyclic) bond motifs is 1. The van der Waals surface area contributed by atoms with Gasteiger partial charge >= 0.3 is 5.97 Å². The van der Waals surface area contributed by atoms with Crippen LogP contribution in [0.1, 0.15) is 34.6 Å². The van der Waals surface area contributed by atoms with Crippen LogP contribution in [0.2, 0.25) is 5.15 Å². The van der Waals surface area contributed by atoms with Crippen LogP contribution in [0, 0.1) is 6.92 Å². The third-order valence-corrected chi connectivity index (χ3v) is 5.90. The molecule has 1 atom stereocenters. The van der Waals surface area contributed by atoms with Crippen LogP contribution in [-0.2, 0) is 7.05 Å². The number of halogens is 1. The molecule has 4 rings (SSSR count). The van der Waals surface area contributed by atoms with Gasteiger partial charge in [-0.3, -0.25) is 9.36 Å². The van der Waals surface area contributed by atoms with Gasteiger partial charge < -0.3 is 15.7 Å². The largest absolute Gasteiger partial charge is 0.476 e. The summed E-state index contributed by atoms with van der Waals surface area (Å²) in [5, 5.41) is 16.4. The first kappa shape index (κ1) is 23.3. The van der Waals surface area contributed by atoms with Gasteiger partial charge in [0.2, 0.25) is 0 Å². The minimum absolute atomic E-state index is 0.0932. The molecule has 0 bridgehead atoms. The highest BCUT2D eigenvalue weighted by atomic mass is 35.5. The van der Waals surface area contributed by atoms with E-state index in [2.05, 4.69) is 15.6 Å². The van der Waals surface area contributed by atoms with Crippen LogP contribution in [0.4, 0.5) is 11.4 Å². The molecule has 0 radical (unpaired) electrons. The molecular formula is C25H24ClN5O3. The summed E-state index contributed by atoms with van der Waals surface area (Å²) in [6.07, 6.45) is 0. The van der Waals surface area contributed by atoms with E-state index in [1.807, 2.05) is 57.3 Å². The number of nitrogens with one attached hydrogen (secondary N) is 2. The van der Waals surface area contributed by atoms with Crippen LogP contribution in [0.25, 0.3) is 22.3 Å². The van der Waals surface area contributed by atoms with Crippen molar-refractivity contribution in [3.05, 3.63) is 80.9 Å². The van der Waals surface area contributed by atoms with Crippen LogP contribution < -0.4 is 16.2 Å². The van der Waals surface area contributed by atoms with Crippen molar-refractivity contribution < 1.29 is 9.90 Å². The Hall–Kier alpha value is -3.91. The molecule has 174 valence electrons. The first-order valence-electron chi connectivity index (χ1n) is 10.7. The van der Waals surface area contributed by atoms with Crippen LogP contribution in [0.5, 0.6) is 0 Å². The number of aromatic carboxylic acids is 1. The molecule has 0 unspecified atom stereocenters. The molecule has 0 spiro atoms. The Balaban J connectivity index is 1.87. The highest BCUT2D eigenvalue weighted by Gasteiger charge is 2.20. The minimum atomic E-state index is -1.19. The predicted molar refractivity (Wildman–Crippen MR) is 135 cm³/mol. The van der Waals surface area contributed by atoms with Crippen molar-refractivity contribution in [2.24, 2.45) is 7.05 Å².